The summed E-state index contributed by atoms with van der Waals surface area (Å²) in [7, 11) is 0. The number of para-hydroxylation sites is 2. The number of rotatable bonds is 6. The van der Waals surface area contributed by atoms with Gasteiger partial charge in [-0.2, -0.15) is 0 Å². The molecule has 69 heavy (non-hydrogen) atoms. The van der Waals surface area contributed by atoms with Crippen molar-refractivity contribution in [2.45, 2.75) is 57.3 Å². The van der Waals surface area contributed by atoms with E-state index in [-0.39, 0.29) is 10.8 Å². The lowest BCUT2D eigenvalue weighted by Crippen LogP contribution is -2.36. The van der Waals surface area contributed by atoms with Crippen molar-refractivity contribution in [3.8, 4) is 50.2 Å². The number of fused-ring (bicyclic) bond motifs is 14. The smallest absolute Gasteiger partial charge is 0.0561 e. The molecule has 2 bridgehead atoms. The van der Waals surface area contributed by atoms with Crippen LogP contribution in [0.3, 0.4) is 0 Å². The molecule has 0 N–H and O–H groups in total. The second-order valence-corrected chi connectivity index (χ2v) is 21.0. The van der Waals surface area contributed by atoms with Crippen molar-refractivity contribution in [3.05, 3.63) is 240 Å². The van der Waals surface area contributed by atoms with Crippen molar-refractivity contribution in [1.82, 2.24) is 4.57 Å². The maximum absolute atomic E-state index is 2.64. The zero-order valence-corrected chi connectivity index (χ0v) is 39.6. The Balaban J connectivity index is 0.845. The summed E-state index contributed by atoms with van der Waals surface area (Å²) >= 11 is 0. The van der Waals surface area contributed by atoms with E-state index < -0.39 is 0 Å². The van der Waals surface area contributed by atoms with Gasteiger partial charge in [0.2, 0.25) is 0 Å². The quantitative estimate of drug-likeness (QED) is 0.151. The molecule has 1 aromatic heterocycles. The number of hydrogen-bond acceptors (Lipinski definition) is 1. The van der Waals surface area contributed by atoms with Crippen LogP contribution in [0, 0.1) is 11.8 Å². The minimum atomic E-state index is -0.120. The topological polar surface area (TPSA) is 8.17 Å². The number of allylic oxidation sites excluding steroid dienone is 2. The molecule has 0 aliphatic heterocycles. The van der Waals surface area contributed by atoms with E-state index in [0.29, 0.717) is 5.92 Å². The zero-order valence-electron chi connectivity index (χ0n) is 39.6. The third-order valence-corrected chi connectivity index (χ3v) is 16.8. The summed E-state index contributed by atoms with van der Waals surface area (Å²) in [6, 6.07) is 77.7. The number of anilines is 3. The van der Waals surface area contributed by atoms with Gasteiger partial charge in [0.25, 0.3) is 0 Å². The highest BCUT2D eigenvalue weighted by molar-refractivity contribution is 6.10. The first-order valence-corrected chi connectivity index (χ1v) is 25.1. The van der Waals surface area contributed by atoms with Gasteiger partial charge in [0, 0.05) is 44.4 Å². The maximum atomic E-state index is 2.64. The van der Waals surface area contributed by atoms with Gasteiger partial charge in [-0.25, -0.2) is 0 Å². The summed E-state index contributed by atoms with van der Waals surface area (Å²) in [6.07, 6.45) is 7.73. The van der Waals surface area contributed by atoms with Crippen LogP contribution in [-0.4, -0.2) is 4.57 Å². The molecule has 2 heteroatoms. The van der Waals surface area contributed by atoms with E-state index in [2.05, 4.69) is 243 Å². The van der Waals surface area contributed by atoms with Gasteiger partial charge in [-0.15, -0.1) is 0 Å². The molecule has 4 aliphatic rings. The molecule has 0 amide bonds. The Morgan fingerprint density at radius 1 is 0.464 bits per heavy atom. The highest BCUT2D eigenvalue weighted by atomic mass is 15.1. The number of aromatic nitrogens is 1. The number of nitrogens with zero attached hydrogens (tertiary/aromatic N) is 2. The third kappa shape index (κ3) is 6.04. The zero-order chi connectivity index (χ0) is 46.0. The fraction of sp³-hybridized carbons (Fsp3) is 0.164. The molecule has 3 atom stereocenters. The monoisotopic (exact) mass is 886 g/mol. The van der Waals surface area contributed by atoms with Crippen LogP contribution < -0.4 is 4.90 Å². The van der Waals surface area contributed by atoms with Gasteiger partial charge in [0.05, 0.1) is 11.0 Å². The largest absolute Gasteiger partial charge is 0.310 e. The molecule has 0 radical (unpaired) electrons. The highest BCUT2D eigenvalue weighted by Gasteiger charge is 2.49. The molecular weight excluding hydrogens is 833 g/mol. The van der Waals surface area contributed by atoms with Crippen molar-refractivity contribution < 1.29 is 0 Å². The van der Waals surface area contributed by atoms with E-state index in [1.807, 2.05) is 0 Å². The summed E-state index contributed by atoms with van der Waals surface area (Å²) in [5.41, 5.74) is 24.8. The van der Waals surface area contributed by atoms with Crippen molar-refractivity contribution >= 4 is 38.9 Å². The molecule has 9 aromatic carbocycles. The van der Waals surface area contributed by atoms with Gasteiger partial charge < -0.3 is 9.47 Å². The molecule has 1 spiro atoms. The molecule has 14 rings (SSSR count). The van der Waals surface area contributed by atoms with Crippen LogP contribution in [0.2, 0.25) is 0 Å². The molecule has 3 unspecified atom stereocenters. The fourth-order valence-corrected chi connectivity index (χ4v) is 13.6. The number of hydrogen-bond donors (Lipinski definition) is 0. The van der Waals surface area contributed by atoms with Gasteiger partial charge in [-0.05, 0) is 165 Å². The fourth-order valence-electron chi connectivity index (χ4n) is 13.6. The molecule has 1 saturated carbocycles. The Morgan fingerprint density at radius 2 is 1.03 bits per heavy atom. The lowest BCUT2D eigenvalue weighted by Gasteiger charge is -2.45. The SMILES string of the molecule is CC1C=C2CC(CCC23c2ccccc2-c2ccc(-c4ccc(-c5ccc(N(c6ccc7c(c6)C(C)(C)c6ccccc6-7)c6ccc7c8ccccc8n(-c8ccccc8)c7c6)cc5)cc4)cc23)C1. The first-order chi connectivity index (χ1) is 33.8. The second-order valence-electron chi connectivity index (χ2n) is 21.0. The predicted octanol–water partition coefficient (Wildman–Crippen LogP) is 17.9. The van der Waals surface area contributed by atoms with Gasteiger partial charge >= 0.3 is 0 Å². The van der Waals surface area contributed by atoms with E-state index in [1.54, 1.807) is 5.57 Å². The van der Waals surface area contributed by atoms with Crippen molar-refractivity contribution in [1.29, 1.82) is 0 Å². The molecule has 332 valence electrons. The summed E-state index contributed by atoms with van der Waals surface area (Å²) in [4.78, 5) is 2.45. The maximum Gasteiger partial charge on any atom is 0.0561 e. The van der Waals surface area contributed by atoms with E-state index >= 15 is 0 Å². The molecule has 10 aromatic rings. The van der Waals surface area contributed by atoms with Gasteiger partial charge in [0.1, 0.15) is 0 Å². The van der Waals surface area contributed by atoms with E-state index in [9.17, 15) is 0 Å². The van der Waals surface area contributed by atoms with Crippen LogP contribution >= 0.6 is 0 Å². The van der Waals surface area contributed by atoms with Crippen LogP contribution in [0.1, 0.15) is 68.7 Å². The minimum Gasteiger partial charge on any atom is -0.310 e. The van der Waals surface area contributed by atoms with Gasteiger partial charge in [0.15, 0.2) is 0 Å². The molecule has 2 nitrogen and oxygen atoms in total. The Labute approximate surface area is 405 Å². The first-order valence-electron chi connectivity index (χ1n) is 25.1. The minimum absolute atomic E-state index is 0.00421. The summed E-state index contributed by atoms with van der Waals surface area (Å²) in [6.45, 7) is 7.17. The van der Waals surface area contributed by atoms with Gasteiger partial charge in [-0.3, -0.25) is 0 Å². The van der Waals surface area contributed by atoms with E-state index in [1.165, 1.54) is 114 Å². The van der Waals surface area contributed by atoms with Gasteiger partial charge in [-0.1, -0.05) is 178 Å². The van der Waals surface area contributed by atoms with Crippen LogP contribution in [0.25, 0.3) is 72.0 Å². The molecular formula is C67H54N2. The predicted molar refractivity (Wildman–Crippen MR) is 289 cm³/mol. The van der Waals surface area contributed by atoms with Crippen LogP contribution in [0.15, 0.2) is 218 Å². The molecule has 1 fully saturated rings. The van der Waals surface area contributed by atoms with Crippen molar-refractivity contribution in [2.24, 2.45) is 11.8 Å². The lowest BCUT2D eigenvalue weighted by molar-refractivity contribution is 0.284. The van der Waals surface area contributed by atoms with Crippen molar-refractivity contribution in [2.75, 3.05) is 4.90 Å². The van der Waals surface area contributed by atoms with Crippen molar-refractivity contribution in [3.63, 3.8) is 0 Å². The average molecular weight is 887 g/mol. The summed E-state index contributed by atoms with van der Waals surface area (Å²) in [5, 5.41) is 2.50. The van der Waals surface area contributed by atoms with Crippen LogP contribution in [0.4, 0.5) is 17.1 Å². The summed E-state index contributed by atoms with van der Waals surface area (Å²) in [5.74, 6) is 1.47. The Morgan fingerprint density at radius 3 is 1.83 bits per heavy atom. The first kappa shape index (κ1) is 40.4. The van der Waals surface area contributed by atoms with E-state index in [4.69, 9.17) is 0 Å². The Kier molecular flexibility index (Phi) is 8.88. The van der Waals surface area contributed by atoms with Crippen LogP contribution in [0.5, 0.6) is 0 Å². The molecule has 4 aliphatic carbocycles. The third-order valence-electron chi connectivity index (χ3n) is 16.8. The highest BCUT2D eigenvalue weighted by Crippen LogP contribution is 2.61. The molecule has 0 saturated heterocycles. The number of benzene rings is 9. The second kappa shape index (κ2) is 15.2. The Bertz CT molecular complexity index is 3720. The van der Waals surface area contributed by atoms with Crippen LogP contribution in [-0.2, 0) is 10.8 Å². The summed E-state index contributed by atoms with van der Waals surface area (Å²) < 4.78 is 2.42. The van der Waals surface area contributed by atoms with E-state index in [0.717, 1.165) is 28.7 Å². The Hall–Kier alpha value is -7.68. The normalized spacial score (nSPS) is 19.3. The molecule has 1 heterocycles. The standard InChI is InChI=1S/C67H54N2/c1-43-37-44-35-36-67(49(38-43)39-44)61-19-11-8-16-55(61)57-32-27-48(40-63(57)67)47-23-21-45(22-24-47)46-25-28-51(29-26-46)68(52-30-33-56-54-15-7-10-18-60(54)66(2,3)62(56)41-52)53-31-34-59-58-17-9-12-20-64(58)69(65(59)42-53)50-13-5-4-6-14-50/h4-34,38,40-44H,35-37,39H2,1-3H3. The average Bonchev–Trinajstić information content (AvgIpc) is 3.96. The lowest BCUT2D eigenvalue weighted by atomic mass is 9.58.